The van der Waals surface area contributed by atoms with Gasteiger partial charge >= 0.3 is 6.09 Å². The van der Waals surface area contributed by atoms with E-state index in [0.29, 0.717) is 0 Å². The van der Waals surface area contributed by atoms with E-state index in [0.717, 1.165) is 0 Å². The smallest absolute Gasteiger partial charge is 0.404 e. The second-order valence-corrected chi connectivity index (χ2v) is 2.00. The number of hydrogen-bond donors (Lipinski definition) is 4. The fraction of sp³-hybridized carbons (Fsp3) is 0.600. The van der Waals surface area contributed by atoms with Crippen LogP contribution in [0.1, 0.15) is 6.42 Å². The van der Waals surface area contributed by atoms with Gasteiger partial charge in [0.2, 0.25) is 5.91 Å². The topological polar surface area (TPSA) is 113 Å². The molecule has 0 aromatic heterocycles. The van der Waals surface area contributed by atoms with Crippen LogP contribution < -0.4 is 11.1 Å². The van der Waals surface area contributed by atoms with Gasteiger partial charge in [0.05, 0.1) is 12.6 Å². The van der Waals surface area contributed by atoms with E-state index in [1.165, 1.54) is 0 Å². The molecule has 0 aliphatic carbocycles. The number of nitrogens with two attached hydrogens (primary N) is 1. The first-order chi connectivity index (χ1) is 5.06. The van der Waals surface area contributed by atoms with E-state index in [1.54, 1.807) is 0 Å². The summed E-state index contributed by atoms with van der Waals surface area (Å²) in [6, 6.07) is -0.801. The molecule has 0 fully saturated rings. The summed E-state index contributed by atoms with van der Waals surface area (Å²) >= 11 is 0. The summed E-state index contributed by atoms with van der Waals surface area (Å²) in [6.07, 6.45) is -1.48. The number of carbonyl (C=O) groups excluding carboxylic acids is 1. The molecule has 0 saturated heterocycles. The van der Waals surface area contributed by atoms with Crippen molar-refractivity contribution in [1.82, 2.24) is 5.32 Å². The van der Waals surface area contributed by atoms with Gasteiger partial charge in [0.25, 0.3) is 0 Å². The Hall–Kier alpha value is -1.30. The molecule has 5 N–H and O–H groups in total. The van der Waals surface area contributed by atoms with Crippen molar-refractivity contribution in [1.29, 1.82) is 0 Å². The van der Waals surface area contributed by atoms with E-state index < -0.39 is 24.6 Å². The van der Waals surface area contributed by atoms with Crippen LogP contribution in [0, 0.1) is 0 Å². The highest BCUT2D eigenvalue weighted by molar-refractivity contribution is 5.75. The maximum Gasteiger partial charge on any atom is 0.404 e. The van der Waals surface area contributed by atoms with Gasteiger partial charge < -0.3 is 21.3 Å². The number of rotatable bonds is 4. The Morgan fingerprint density at radius 3 is 2.36 bits per heavy atom. The van der Waals surface area contributed by atoms with Crippen molar-refractivity contribution in [2.75, 3.05) is 6.61 Å². The van der Waals surface area contributed by atoms with Gasteiger partial charge in [0, 0.05) is 6.42 Å². The summed E-state index contributed by atoms with van der Waals surface area (Å²) in [6.45, 7) is -0.435. The third-order valence-electron chi connectivity index (χ3n) is 0.996. The molecule has 0 aromatic rings. The molecule has 0 heterocycles. The van der Waals surface area contributed by atoms with Crippen molar-refractivity contribution in [2.45, 2.75) is 12.5 Å². The molecule has 0 radical (unpaired) electrons. The lowest BCUT2D eigenvalue weighted by Crippen LogP contribution is -2.39. The van der Waals surface area contributed by atoms with E-state index in [2.05, 4.69) is 0 Å². The number of aliphatic hydroxyl groups excluding tert-OH is 1. The standard InChI is InChI=1S/C5H10N2O4/c6-4(9)1-3(2-8)7-5(10)11/h3,7-8H,1-2H2,(H2,6,9)(H,10,11). The Morgan fingerprint density at radius 1 is 1.55 bits per heavy atom. The predicted octanol–water partition coefficient (Wildman–Crippen LogP) is -1.51. The zero-order valence-electron chi connectivity index (χ0n) is 5.78. The van der Waals surface area contributed by atoms with Gasteiger partial charge in [-0.1, -0.05) is 0 Å². The monoisotopic (exact) mass is 162 g/mol. The number of amides is 2. The number of primary amides is 1. The minimum absolute atomic E-state index is 0.192. The number of carboxylic acid groups (broad SMARTS) is 1. The molecule has 0 aliphatic heterocycles. The maximum atomic E-state index is 10.2. The van der Waals surface area contributed by atoms with Crippen LogP contribution in [0.4, 0.5) is 4.79 Å². The SMILES string of the molecule is NC(=O)CC(CO)NC(=O)O. The van der Waals surface area contributed by atoms with Crippen LogP contribution in [0.5, 0.6) is 0 Å². The summed E-state index contributed by atoms with van der Waals surface area (Å²) in [7, 11) is 0. The normalized spacial score (nSPS) is 12.1. The molecular weight excluding hydrogens is 152 g/mol. The van der Waals surface area contributed by atoms with Crippen LogP contribution >= 0.6 is 0 Å². The molecule has 1 atom stereocenters. The largest absolute Gasteiger partial charge is 0.465 e. The first-order valence-corrected chi connectivity index (χ1v) is 2.95. The van der Waals surface area contributed by atoms with E-state index in [4.69, 9.17) is 15.9 Å². The minimum Gasteiger partial charge on any atom is -0.465 e. The van der Waals surface area contributed by atoms with Gasteiger partial charge in [-0.25, -0.2) is 4.79 Å². The van der Waals surface area contributed by atoms with Crippen LogP contribution in [0.25, 0.3) is 0 Å². The molecule has 0 aromatic carbocycles. The minimum atomic E-state index is -1.29. The Morgan fingerprint density at radius 2 is 2.09 bits per heavy atom. The quantitative estimate of drug-likeness (QED) is 0.402. The average molecular weight is 162 g/mol. The van der Waals surface area contributed by atoms with Crippen molar-refractivity contribution in [2.24, 2.45) is 5.73 Å². The van der Waals surface area contributed by atoms with Crippen LogP contribution in [0.15, 0.2) is 0 Å². The molecule has 1 unspecified atom stereocenters. The van der Waals surface area contributed by atoms with Gasteiger partial charge in [-0.05, 0) is 0 Å². The molecular formula is C5H10N2O4. The third-order valence-corrected chi connectivity index (χ3v) is 0.996. The van der Waals surface area contributed by atoms with Crippen molar-refractivity contribution < 1.29 is 19.8 Å². The van der Waals surface area contributed by atoms with Gasteiger partial charge in [0.1, 0.15) is 0 Å². The van der Waals surface area contributed by atoms with Crippen molar-refractivity contribution in [3.05, 3.63) is 0 Å². The lowest BCUT2D eigenvalue weighted by Gasteiger charge is -2.10. The first kappa shape index (κ1) is 9.70. The summed E-state index contributed by atoms with van der Waals surface area (Å²) in [5, 5.41) is 18.6. The van der Waals surface area contributed by atoms with Gasteiger partial charge in [0.15, 0.2) is 0 Å². The van der Waals surface area contributed by atoms with E-state index in [-0.39, 0.29) is 6.42 Å². The molecule has 0 saturated carbocycles. The number of aliphatic hydroxyl groups is 1. The Kier molecular flexibility index (Phi) is 3.97. The summed E-state index contributed by atoms with van der Waals surface area (Å²) in [5.41, 5.74) is 4.76. The highest BCUT2D eigenvalue weighted by atomic mass is 16.4. The molecule has 6 heteroatoms. The lowest BCUT2D eigenvalue weighted by atomic mass is 10.2. The number of carbonyl (C=O) groups is 2. The molecule has 0 bridgehead atoms. The van der Waals surface area contributed by atoms with E-state index in [1.807, 2.05) is 5.32 Å². The summed E-state index contributed by atoms with van der Waals surface area (Å²) in [5.74, 6) is -0.655. The lowest BCUT2D eigenvalue weighted by molar-refractivity contribution is -0.118. The van der Waals surface area contributed by atoms with E-state index >= 15 is 0 Å². The predicted molar refractivity (Wildman–Crippen MR) is 35.8 cm³/mol. The Bertz CT molecular complexity index is 143. The summed E-state index contributed by atoms with van der Waals surface area (Å²) < 4.78 is 0. The highest BCUT2D eigenvalue weighted by Gasteiger charge is 2.12. The molecule has 0 spiro atoms. The fourth-order valence-electron chi connectivity index (χ4n) is 0.579. The molecule has 6 nitrogen and oxygen atoms in total. The van der Waals surface area contributed by atoms with Crippen LogP contribution in [0.3, 0.4) is 0 Å². The van der Waals surface area contributed by atoms with Crippen molar-refractivity contribution in [3.63, 3.8) is 0 Å². The third kappa shape index (κ3) is 5.16. The average Bonchev–Trinajstić information content (AvgIpc) is 1.84. The van der Waals surface area contributed by atoms with Gasteiger partial charge in [-0.2, -0.15) is 0 Å². The number of nitrogens with one attached hydrogen (secondary N) is 1. The van der Waals surface area contributed by atoms with Crippen molar-refractivity contribution >= 4 is 12.0 Å². The Labute approximate surface area is 63.0 Å². The second kappa shape index (κ2) is 4.51. The zero-order chi connectivity index (χ0) is 8.85. The fourth-order valence-corrected chi connectivity index (χ4v) is 0.579. The van der Waals surface area contributed by atoms with Crippen LogP contribution in [-0.2, 0) is 4.79 Å². The van der Waals surface area contributed by atoms with Crippen LogP contribution in [0.2, 0.25) is 0 Å². The molecule has 0 aliphatic rings. The maximum absolute atomic E-state index is 10.2. The van der Waals surface area contributed by atoms with E-state index in [9.17, 15) is 9.59 Å². The first-order valence-electron chi connectivity index (χ1n) is 2.95. The molecule has 11 heavy (non-hydrogen) atoms. The molecule has 64 valence electrons. The molecule has 2 amide bonds. The highest BCUT2D eigenvalue weighted by Crippen LogP contribution is 1.88. The van der Waals surface area contributed by atoms with Crippen molar-refractivity contribution in [3.8, 4) is 0 Å². The van der Waals surface area contributed by atoms with Crippen LogP contribution in [-0.4, -0.2) is 34.9 Å². The number of hydrogen-bond acceptors (Lipinski definition) is 3. The van der Waals surface area contributed by atoms with Gasteiger partial charge in [-0.3, -0.25) is 4.79 Å². The Balaban J connectivity index is 3.76. The molecule has 0 rings (SSSR count). The van der Waals surface area contributed by atoms with Gasteiger partial charge in [-0.15, -0.1) is 0 Å². The second-order valence-electron chi connectivity index (χ2n) is 2.00. The zero-order valence-corrected chi connectivity index (χ0v) is 5.78. The summed E-state index contributed by atoms with van der Waals surface area (Å²) in [4.78, 5) is 20.2.